The third-order valence-electron chi connectivity index (χ3n) is 4.68. The van der Waals surface area contributed by atoms with Gasteiger partial charge in [0.15, 0.2) is 0 Å². The molecule has 0 aliphatic carbocycles. The maximum atomic E-state index is 5.81. The number of ether oxygens (including phenoxy) is 5. The van der Waals surface area contributed by atoms with Crippen molar-refractivity contribution >= 4 is 11.4 Å². The van der Waals surface area contributed by atoms with Gasteiger partial charge in [0.25, 0.3) is 0 Å². The van der Waals surface area contributed by atoms with Crippen LogP contribution in [0.25, 0.3) is 0 Å². The monoisotopic (exact) mass is 391 g/mol. The van der Waals surface area contributed by atoms with Gasteiger partial charge in [-0.1, -0.05) is 19.9 Å². The fraction of sp³-hybridized carbons (Fsp3) is 0.591. The van der Waals surface area contributed by atoms with Gasteiger partial charge in [-0.15, -0.1) is 6.58 Å². The normalized spacial score (nSPS) is 14.6. The number of aliphatic imine (C=N–C) groups is 1. The number of nitrogens with zero attached hydrogens (tertiary/aromatic N) is 1. The Morgan fingerprint density at radius 1 is 0.893 bits per heavy atom. The van der Waals surface area contributed by atoms with E-state index in [9.17, 15) is 0 Å². The van der Waals surface area contributed by atoms with Gasteiger partial charge in [-0.25, -0.2) is 0 Å². The molecule has 0 radical (unpaired) electrons. The summed E-state index contributed by atoms with van der Waals surface area (Å²) in [6.45, 7) is 14.9. The summed E-state index contributed by atoms with van der Waals surface area (Å²) in [5.74, 6) is 0.853. The smallest absolute Gasteiger partial charge is 0.119 e. The summed E-state index contributed by atoms with van der Waals surface area (Å²) in [4.78, 5) is 4.62. The molecule has 1 heterocycles. The van der Waals surface area contributed by atoms with Gasteiger partial charge in [0, 0.05) is 11.1 Å². The fourth-order valence-corrected chi connectivity index (χ4v) is 2.76. The van der Waals surface area contributed by atoms with Crippen LogP contribution in [0.5, 0.6) is 5.75 Å². The first kappa shape index (κ1) is 22.6. The molecule has 6 heteroatoms. The highest BCUT2D eigenvalue weighted by molar-refractivity contribution is 5.99. The van der Waals surface area contributed by atoms with Crippen LogP contribution in [0.4, 0.5) is 5.69 Å². The summed E-state index contributed by atoms with van der Waals surface area (Å²) in [6.07, 6.45) is 1.72. The van der Waals surface area contributed by atoms with Crippen molar-refractivity contribution in [2.45, 2.75) is 26.2 Å². The van der Waals surface area contributed by atoms with E-state index in [0.29, 0.717) is 59.5 Å². The molecular weight excluding hydrogens is 358 g/mol. The summed E-state index contributed by atoms with van der Waals surface area (Å²) in [5.41, 5.74) is 3.35. The zero-order chi connectivity index (χ0) is 20.2. The average Bonchev–Trinajstić information content (AvgIpc) is 2.91. The van der Waals surface area contributed by atoms with E-state index in [-0.39, 0.29) is 5.41 Å². The molecule has 0 atom stereocenters. The van der Waals surface area contributed by atoms with Crippen LogP contribution in [0.3, 0.4) is 0 Å². The van der Waals surface area contributed by atoms with Crippen LogP contribution in [-0.4, -0.2) is 65.2 Å². The van der Waals surface area contributed by atoms with Gasteiger partial charge >= 0.3 is 0 Å². The van der Waals surface area contributed by atoms with Gasteiger partial charge in [0.2, 0.25) is 0 Å². The molecule has 1 aromatic rings. The van der Waals surface area contributed by atoms with Crippen molar-refractivity contribution in [1.29, 1.82) is 0 Å². The maximum Gasteiger partial charge on any atom is 0.119 e. The van der Waals surface area contributed by atoms with Gasteiger partial charge in [-0.05, 0) is 30.7 Å². The lowest BCUT2D eigenvalue weighted by Crippen LogP contribution is -2.22. The Hall–Kier alpha value is -1.73. The standard InChI is InChI=1S/C22H33NO5/c1-5-8-24-9-10-25-11-12-26-13-14-27-15-16-28-19-6-7-21-20(17-19)22(3,4)18(2)23-21/h5-7,17H,1,8-16H2,2-4H3. The van der Waals surface area contributed by atoms with Crippen LogP contribution >= 0.6 is 0 Å². The molecule has 0 N–H and O–H groups in total. The third kappa shape index (κ3) is 7.02. The highest BCUT2D eigenvalue weighted by Gasteiger charge is 2.32. The van der Waals surface area contributed by atoms with Crippen molar-refractivity contribution in [3.8, 4) is 5.75 Å². The molecular formula is C22H33NO5. The second-order valence-electron chi connectivity index (χ2n) is 7.05. The molecule has 0 spiro atoms. The molecule has 1 aliphatic heterocycles. The minimum atomic E-state index is -0.0368. The summed E-state index contributed by atoms with van der Waals surface area (Å²) < 4.78 is 27.4. The Labute approximate surface area is 168 Å². The van der Waals surface area contributed by atoms with Gasteiger partial charge in [0.1, 0.15) is 12.4 Å². The first-order valence-electron chi connectivity index (χ1n) is 9.80. The molecule has 2 rings (SSSR count). The van der Waals surface area contributed by atoms with Crippen LogP contribution in [0.15, 0.2) is 35.8 Å². The molecule has 0 saturated heterocycles. The molecule has 1 aromatic carbocycles. The summed E-state index contributed by atoms with van der Waals surface area (Å²) in [7, 11) is 0. The lowest BCUT2D eigenvalue weighted by molar-refractivity contribution is -0.00221. The molecule has 28 heavy (non-hydrogen) atoms. The number of hydrogen-bond acceptors (Lipinski definition) is 6. The van der Waals surface area contributed by atoms with E-state index in [1.807, 2.05) is 12.1 Å². The lowest BCUT2D eigenvalue weighted by atomic mass is 9.82. The van der Waals surface area contributed by atoms with E-state index in [0.717, 1.165) is 17.1 Å². The summed E-state index contributed by atoms with van der Waals surface area (Å²) in [6, 6.07) is 6.06. The summed E-state index contributed by atoms with van der Waals surface area (Å²) >= 11 is 0. The molecule has 0 fully saturated rings. The largest absolute Gasteiger partial charge is 0.491 e. The van der Waals surface area contributed by atoms with Crippen molar-refractivity contribution < 1.29 is 23.7 Å². The molecule has 0 amide bonds. The van der Waals surface area contributed by atoms with E-state index in [2.05, 4.69) is 38.4 Å². The molecule has 0 aromatic heterocycles. The Morgan fingerprint density at radius 3 is 2.07 bits per heavy atom. The Kier molecular flexibility index (Phi) is 9.64. The Morgan fingerprint density at radius 2 is 1.46 bits per heavy atom. The molecule has 6 nitrogen and oxygen atoms in total. The maximum absolute atomic E-state index is 5.81. The highest BCUT2D eigenvalue weighted by atomic mass is 16.6. The van der Waals surface area contributed by atoms with E-state index >= 15 is 0 Å². The van der Waals surface area contributed by atoms with Crippen molar-refractivity contribution in [2.75, 3.05) is 59.5 Å². The second kappa shape index (κ2) is 12.0. The number of rotatable bonds is 15. The highest BCUT2D eigenvalue weighted by Crippen LogP contribution is 2.41. The van der Waals surface area contributed by atoms with Crippen molar-refractivity contribution in [1.82, 2.24) is 0 Å². The van der Waals surface area contributed by atoms with Crippen molar-refractivity contribution in [2.24, 2.45) is 4.99 Å². The topological polar surface area (TPSA) is 58.5 Å². The van der Waals surface area contributed by atoms with Crippen LogP contribution in [0.2, 0.25) is 0 Å². The minimum absolute atomic E-state index is 0.0368. The predicted octanol–water partition coefficient (Wildman–Crippen LogP) is 3.70. The molecule has 0 unspecified atom stereocenters. The van der Waals surface area contributed by atoms with E-state index < -0.39 is 0 Å². The Bertz CT molecular complexity index is 642. The number of hydrogen-bond donors (Lipinski definition) is 0. The number of benzene rings is 1. The van der Waals surface area contributed by atoms with E-state index in [1.54, 1.807) is 6.08 Å². The number of fused-ring (bicyclic) bond motifs is 1. The van der Waals surface area contributed by atoms with Crippen molar-refractivity contribution in [3.63, 3.8) is 0 Å². The van der Waals surface area contributed by atoms with Crippen molar-refractivity contribution in [3.05, 3.63) is 36.4 Å². The second-order valence-corrected chi connectivity index (χ2v) is 7.05. The van der Waals surface area contributed by atoms with E-state index in [4.69, 9.17) is 23.7 Å². The van der Waals surface area contributed by atoms with Crippen LogP contribution in [0, 0.1) is 0 Å². The zero-order valence-corrected chi connectivity index (χ0v) is 17.4. The fourth-order valence-electron chi connectivity index (χ4n) is 2.76. The van der Waals surface area contributed by atoms with Crippen LogP contribution in [-0.2, 0) is 24.4 Å². The van der Waals surface area contributed by atoms with Gasteiger partial charge < -0.3 is 23.7 Å². The first-order chi connectivity index (χ1) is 13.6. The molecule has 156 valence electrons. The Balaban J connectivity index is 1.47. The molecule has 1 aliphatic rings. The third-order valence-corrected chi connectivity index (χ3v) is 4.68. The summed E-state index contributed by atoms with van der Waals surface area (Å²) in [5, 5.41) is 0. The predicted molar refractivity (Wildman–Crippen MR) is 111 cm³/mol. The quantitative estimate of drug-likeness (QED) is 0.337. The molecule has 0 saturated carbocycles. The van der Waals surface area contributed by atoms with Gasteiger partial charge in [-0.2, -0.15) is 0 Å². The van der Waals surface area contributed by atoms with Crippen LogP contribution < -0.4 is 4.74 Å². The van der Waals surface area contributed by atoms with Gasteiger partial charge in [-0.3, -0.25) is 4.99 Å². The van der Waals surface area contributed by atoms with Crippen LogP contribution in [0.1, 0.15) is 26.3 Å². The average molecular weight is 392 g/mol. The van der Waals surface area contributed by atoms with Gasteiger partial charge in [0.05, 0.1) is 58.5 Å². The molecule has 0 bridgehead atoms. The SMILES string of the molecule is C=CCOCCOCCOCCOCCOc1ccc2c(c1)C(C)(C)C(C)=N2. The zero-order valence-electron chi connectivity index (χ0n) is 17.4. The lowest BCUT2D eigenvalue weighted by Gasteiger charge is -2.20. The first-order valence-corrected chi connectivity index (χ1v) is 9.80. The minimum Gasteiger partial charge on any atom is -0.491 e. The van der Waals surface area contributed by atoms with E-state index in [1.165, 1.54) is 5.56 Å².